The second-order valence-corrected chi connectivity index (χ2v) is 10.4. The first-order valence-electron chi connectivity index (χ1n) is 14.4. The molecule has 0 bridgehead atoms. The van der Waals surface area contributed by atoms with Crippen molar-refractivity contribution in [1.82, 2.24) is 0 Å². The highest BCUT2D eigenvalue weighted by Gasteiger charge is 2.55. The van der Waals surface area contributed by atoms with E-state index in [1.54, 1.807) is 0 Å². The molecule has 0 aliphatic carbocycles. The molecular weight excluding hydrogens is 504 g/mol. The fourth-order valence-electron chi connectivity index (χ4n) is 4.19. The Morgan fingerprint density at radius 2 is 0.595 bits per heavy atom. The smallest absolute Gasteiger partial charge is 0.310 e. The van der Waals surface area contributed by atoms with Gasteiger partial charge in [-0.2, -0.15) is 35.1 Å². The van der Waals surface area contributed by atoms with E-state index >= 15 is 0 Å². The average molecular weight is 555 g/mol. The van der Waals surface area contributed by atoms with Gasteiger partial charge >= 0.3 is 23.7 Å². The van der Waals surface area contributed by atoms with Gasteiger partial charge in [-0.05, 0) is 38.5 Å². The van der Waals surface area contributed by atoms with Crippen molar-refractivity contribution in [2.24, 2.45) is 0 Å². The van der Waals surface area contributed by atoms with Crippen LogP contribution in [0.2, 0.25) is 0 Å². The molecule has 0 amide bonds. The van der Waals surface area contributed by atoms with Crippen molar-refractivity contribution in [1.29, 1.82) is 0 Å². The summed E-state index contributed by atoms with van der Waals surface area (Å²) in [7, 11) is 0. The van der Waals surface area contributed by atoms with Gasteiger partial charge in [0.15, 0.2) is 0 Å². The Morgan fingerprint density at radius 3 is 0.865 bits per heavy atom. The summed E-state index contributed by atoms with van der Waals surface area (Å²) in [5.74, 6) is -15.9. The van der Waals surface area contributed by atoms with E-state index in [9.17, 15) is 35.1 Å². The number of alkyl halides is 8. The first-order chi connectivity index (χ1) is 17.3. The SMILES string of the molecule is CCCCCCC(F)(F)C(F)(F)CCCCCCOCCCCCCC(F)(F)C(F)(F)CCCCCC. The maximum atomic E-state index is 13.9. The lowest BCUT2D eigenvalue weighted by Crippen LogP contribution is -2.40. The third-order valence-corrected chi connectivity index (χ3v) is 6.82. The summed E-state index contributed by atoms with van der Waals surface area (Å²) in [4.78, 5) is 0. The van der Waals surface area contributed by atoms with Gasteiger partial charge in [0.25, 0.3) is 0 Å². The molecule has 0 N–H and O–H groups in total. The molecule has 0 aromatic rings. The average Bonchev–Trinajstić information content (AvgIpc) is 2.82. The predicted octanol–water partition coefficient (Wildman–Crippen LogP) is 11.4. The van der Waals surface area contributed by atoms with Gasteiger partial charge in [-0.1, -0.05) is 78.1 Å². The summed E-state index contributed by atoms with van der Waals surface area (Å²) < 4.78 is 116. The van der Waals surface area contributed by atoms with Crippen LogP contribution >= 0.6 is 0 Å². The first kappa shape index (κ1) is 36.4. The normalized spacial score (nSPS) is 13.5. The van der Waals surface area contributed by atoms with E-state index in [-0.39, 0.29) is 25.7 Å². The number of hydrogen-bond donors (Lipinski definition) is 0. The van der Waals surface area contributed by atoms with Gasteiger partial charge in [-0.3, -0.25) is 0 Å². The Balaban J connectivity index is 3.76. The van der Waals surface area contributed by atoms with E-state index in [1.165, 1.54) is 0 Å². The Kier molecular flexibility index (Phi) is 19.1. The van der Waals surface area contributed by atoms with Crippen LogP contribution in [0.1, 0.15) is 142 Å². The van der Waals surface area contributed by atoms with Crippen molar-refractivity contribution >= 4 is 0 Å². The zero-order valence-corrected chi connectivity index (χ0v) is 23.0. The molecule has 0 aliphatic rings. The molecule has 0 radical (unpaired) electrons. The molecule has 37 heavy (non-hydrogen) atoms. The summed E-state index contributed by atoms with van der Waals surface area (Å²) in [6.45, 7) is 4.67. The minimum Gasteiger partial charge on any atom is -0.381 e. The van der Waals surface area contributed by atoms with Crippen molar-refractivity contribution in [2.75, 3.05) is 13.2 Å². The van der Waals surface area contributed by atoms with Gasteiger partial charge in [0.05, 0.1) is 0 Å². The van der Waals surface area contributed by atoms with Crippen LogP contribution in [-0.2, 0) is 4.74 Å². The van der Waals surface area contributed by atoms with Crippen LogP contribution in [0.15, 0.2) is 0 Å². The number of halogens is 8. The highest BCUT2D eigenvalue weighted by atomic mass is 19.3. The van der Waals surface area contributed by atoms with E-state index in [1.807, 2.05) is 13.8 Å². The fraction of sp³-hybridized carbons (Fsp3) is 1.00. The minimum atomic E-state index is -3.98. The standard InChI is InChI=1S/C28H50F8O/c1-3-5-7-13-19-25(29,30)27(33,34)21-15-9-11-17-23-37-24-18-12-10-16-22-28(35,36)26(31,32)20-14-8-6-4-2/h3-24H2,1-2H3. The molecule has 0 saturated heterocycles. The summed E-state index contributed by atoms with van der Waals surface area (Å²) in [5.41, 5.74) is 0. The number of rotatable bonds is 26. The minimum absolute atomic E-state index is 0.0277. The van der Waals surface area contributed by atoms with Crippen molar-refractivity contribution in [3.05, 3.63) is 0 Å². The topological polar surface area (TPSA) is 9.23 Å². The molecule has 0 spiro atoms. The lowest BCUT2D eigenvalue weighted by molar-refractivity contribution is -0.216. The van der Waals surface area contributed by atoms with Crippen LogP contribution in [0.4, 0.5) is 35.1 Å². The maximum Gasteiger partial charge on any atom is 0.310 e. The number of ether oxygens (including phenoxy) is 1. The zero-order chi connectivity index (χ0) is 28.3. The quantitative estimate of drug-likeness (QED) is 0.0763. The van der Waals surface area contributed by atoms with E-state index in [2.05, 4.69) is 0 Å². The molecule has 9 heteroatoms. The molecule has 224 valence electrons. The molecule has 0 saturated carbocycles. The molecular formula is C28H50F8O. The van der Waals surface area contributed by atoms with Crippen molar-refractivity contribution in [2.45, 2.75) is 166 Å². The number of hydrogen-bond acceptors (Lipinski definition) is 1. The lowest BCUT2D eigenvalue weighted by atomic mass is 9.98. The highest BCUT2D eigenvalue weighted by molar-refractivity contribution is 4.85. The molecule has 0 aromatic heterocycles. The van der Waals surface area contributed by atoms with Crippen molar-refractivity contribution in [3.63, 3.8) is 0 Å². The lowest BCUT2D eigenvalue weighted by Gasteiger charge is -2.26. The maximum absolute atomic E-state index is 13.9. The molecule has 1 nitrogen and oxygen atoms in total. The van der Waals surface area contributed by atoms with Crippen LogP contribution < -0.4 is 0 Å². The van der Waals surface area contributed by atoms with Crippen LogP contribution in [0, 0.1) is 0 Å². The summed E-state index contributed by atoms with van der Waals surface area (Å²) in [6.07, 6.45) is 4.68. The van der Waals surface area contributed by atoms with Gasteiger partial charge in [0.1, 0.15) is 0 Å². The second-order valence-electron chi connectivity index (χ2n) is 10.4. The van der Waals surface area contributed by atoms with Crippen LogP contribution in [0.25, 0.3) is 0 Å². The van der Waals surface area contributed by atoms with E-state index < -0.39 is 49.4 Å². The third-order valence-electron chi connectivity index (χ3n) is 6.82. The van der Waals surface area contributed by atoms with Crippen LogP contribution in [0.3, 0.4) is 0 Å². The monoisotopic (exact) mass is 554 g/mol. The molecule has 0 aromatic carbocycles. The van der Waals surface area contributed by atoms with E-state index in [0.717, 1.165) is 25.7 Å². The predicted molar refractivity (Wildman–Crippen MR) is 134 cm³/mol. The van der Waals surface area contributed by atoms with Crippen molar-refractivity contribution < 1.29 is 39.9 Å². The number of unbranched alkanes of at least 4 members (excludes halogenated alkanes) is 12. The Morgan fingerprint density at radius 1 is 0.351 bits per heavy atom. The van der Waals surface area contributed by atoms with Crippen LogP contribution in [0.5, 0.6) is 0 Å². The van der Waals surface area contributed by atoms with E-state index in [0.29, 0.717) is 64.6 Å². The molecule has 0 atom stereocenters. The van der Waals surface area contributed by atoms with Gasteiger partial charge < -0.3 is 4.74 Å². The summed E-state index contributed by atoms with van der Waals surface area (Å²) in [6, 6.07) is 0. The van der Waals surface area contributed by atoms with Gasteiger partial charge in [-0.15, -0.1) is 0 Å². The van der Waals surface area contributed by atoms with Gasteiger partial charge in [0, 0.05) is 38.9 Å². The van der Waals surface area contributed by atoms with E-state index in [4.69, 9.17) is 4.74 Å². The zero-order valence-electron chi connectivity index (χ0n) is 23.0. The first-order valence-corrected chi connectivity index (χ1v) is 14.4. The van der Waals surface area contributed by atoms with Crippen LogP contribution in [-0.4, -0.2) is 36.9 Å². The highest BCUT2D eigenvalue weighted by Crippen LogP contribution is 2.43. The molecule has 0 fully saturated rings. The largest absolute Gasteiger partial charge is 0.381 e. The fourth-order valence-corrected chi connectivity index (χ4v) is 4.19. The molecule has 0 aliphatic heterocycles. The Labute approximate surface area is 219 Å². The summed E-state index contributed by atoms with van der Waals surface area (Å²) in [5, 5.41) is 0. The molecule has 0 rings (SSSR count). The van der Waals surface area contributed by atoms with Crippen molar-refractivity contribution in [3.8, 4) is 0 Å². The molecule has 0 unspecified atom stereocenters. The summed E-state index contributed by atoms with van der Waals surface area (Å²) >= 11 is 0. The van der Waals surface area contributed by atoms with Gasteiger partial charge in [0.2, 0.25) is 0 Å². The third kappa shape index (κ3) is 16.2. The molecule has 0 heterocycles. The Bertz CT molecular complexity index is 494. The second kappa shape index (κ2) is 19.5. The Hall–Kier alpha value is -0.600. The van der Waals surface area contributed by atoms with Gasteiger partial charge in [-0.25, -0.2) is 0 Å².